The summed E-state index contributed by atoms with van der Waals surface area (Å²) in [5.41, 5.74) is -0.502. The Kier molecular flexibility index (Phi) is 5.87. The van der Waals surface area contributed by atoms with E-state index in [0.717, 1.165) is 13.0 Å². The Morgan fingerprint density at radius 2 is 1.83 bits per heavy atom. The van der Waals surface area contributed by atoms with E-state index in [1.807, 2.05) is 25.7 Å². The van der Waals surface area contributed by atoms with Crippen LogP contribution in [0.2, 0.25) is 15.2 Å². The summed E-state index contributed by atoms with van der Waals surface area (Å²) in [4.78, 5) is 20.2. The van der Waals surface area contributed by atoms with Gasteiger partial charge in [0.2, 0.25) is 0 Å². The maximum atomic E-state index is 12.2. The third-order valence-electron chi connectivity index (χ3n) is 3.32. The maximum Gasteiger partial charge on any atom is 0.410 e. The first-order valence-electron chi connectivity index (χ1n) is 7.42. The van der Waals surface area contributed by atoms with E-state index in [9.17, 15) is 4.79 Å². The molecule has 1 aliphatic rings. The molecule has 1 amide bonds. The Morgan fingerprint density at radius 3 is 2.48 bits per heavy atom. The molecule has 23 heavy (non-hydrogen) atoms. The standard InChI is InChI=1S/C15H20Cl3N3O2/c1-15(2,3)23-14(22)21-6-4-5-20(7-8-21)13-11(17)9-10(16)12(18)19-13/h9H,4-8H2,1-3H3. The van der Waals surface area contributed by atoms with Crippen LogP contribution in [-0.2, 0) is 4.74 Å². The molecule has 128 valence electrons. The molecular weight excluding hydrogens is 361 g/mol. The average molecular weight is 381 g/mol. The van der Waals surface area contributed by atoms with Gasteiger partial charge in [-0.15, -0.1) is 0 Å². The number of anilines is 1. The first-order chi connectivity index (χ1) is 10.7. The monoisotopic (exact) mass is 379 g/mol. The molecule has 2 rings (SSSR count). The lowest BCUT2D eigenvalue weighted by Crippen LogP contribution is -2.39. The zero-order valence-electron chi connectivity index (χ0n) is 13.4. The topological polar surface area (TPSA) is 45.7 Å². The molecule has 0 spiro atoms. The second kappa shape index (κ2) is 7.32. The van der Waals surface area contributed by atoms with Crippen molar-refractivity contribution in [3.05, 3.63) is 21.3 Å². The Bertz CT molecular complexity index is 590. The van der Waals surface area contributed by atoms with Gasteiger partial charge >= 0.3 is 6.09 Å². The van der Waals surface area contributed by atoms with Gasteiger partial charge in [-0.2, -0.15) is 0 Å². The van der Waals surface area contributed by atoms with E-state index in [1.54, 1.807) is 11.0 Å². The van der Waals surface area contributed by atoms with Crippen molar-refractivity contribution in [3.63, 3.8) is 0 Å². The highest BCUT2D eigenvalue weighted by atomic mass is 35.5. The second-order valence-corrected chi connectivity index (χ2v) is 7.55. The van der Waals surface area contributed by atoms with Crippen LogP contribution in [0, 0.1) is 0 Å². The fraction of sp³-hybridized carbons (Fsp3) is 0.600. The predicted molar refractivity (Wildman–Crippen MR) is 93.9 cm³/mol. The zero-order chi connectivity index (χ0) is 17.2. The minimum atomic E-state index is -0.502. The highest BCUT2D eigenvalue weighted by molar-refractivity contribution is 6.42. The van der Waals surface area contributed by atoms with Crippen molar-refractivity contribution in [3.8, 4) is 0 Å². The molecule has 1 aromatic heterocycles. The molecule has 1 aromatic rings. The number of nitrogens with zero attached hydrogens (tertiary/aromatic N) is 3. The van der Waals surface area contributed by atoms with Gasteiger partial charge in [0, 0.05) is 26.2 Å². The number of hydrogen-bond donors (Lipinski definition) is 0. The number of carbonyl (C=O) groups excluding carboxylic acids is 1. The number of halogens is 3. The molecule has 0 saturated carbocycles. The first kappa shape index (κ1) is 18.4. The van der Waals surface area contributed by atoms with E-state index >= 15 is 0 Å². The number of ether oxygens (including phenoxy) is 1. The molecule has 5 nitrogen and oxygen atoms in total. The predicted octanol–water partition coefficient (Wildman–Crippen LogP) is 4.49. The van der Waals surface area contributed by atoms with Crippen LogP contribution >= 0.6 is 34.8 Å². The van der Waals surface area contributed by atoms with Gasteiger partial charge < -0.3 is 14.5 Å². The molecular formula is C15H20Cl3N3O2. The first-order valence-corrected chi connectivity index (χ1v) is 8.55. The number of hydrogen-bond acceptors (Lipinski definition) is 4. The van der Waals surface area contributed by atoms with Crippen LogP contribution in [0.25, 0.3) is 0 Å². The Labute approximate surface area is 151 Å². The molecule has 0 atom stereocenters. The molecule has 0 aromatic carbocycles. The summed E-state index contributed by atoms with van der Waals surface area (Å²) in [6.07, 6.45) is 0.491. The van der Waals surface area contributed by atoms with Crippen molar-refractivity contribution < 1.29 is 9.53 Å². The van der Waals surface area contributed by atoms with Crippen LogP contribution in [0.15, 0.2) is 6.07 Å². The van der Waals surface area contributed by atoms with E-state index in [-0.39, 0.29) is 11.2 Å². The van der Waals surface area contributed by atoms with Crippen LogP contribution in [-0.4, -0.2) is 47.8 Å². The van der Waals surface area contributed by atoms with Crippen LogP contribution in [0.3, 0.4) is 0 Å². The molecule has 0 N–H and O–H groups in total. The van der Waals surface area contributed by atoms with Gasteiger partial charge in [-0.25, -0.2) is 9.78 Å². The number of rotatable bonds is 1. The normalized spacial score (nSPS) is 16.3. The van der Waals surface area contributed by atoms with Crippen LogP contribution in [0.5, 0.6) is 0 Å². The van der Waals surface area contributed by atoms with E-state index in [2.05, 4.69) is 4.98 Å². The van der Waals surface area contributed by atoms with E-state index in [0.29, 0.717) is 35.5 Å². The molecule has 0 aliphatic carbocycles. The molecule has 2 heterocycles. The van der Waals surface area contributed by atoms with E-state index < -0.39 is 5.60 Å². The molecule has 8 heteroatoms. The summed E-state index contributed by atoms with van der Waals surface area (Å²) in [5, 5.41) is 0.995. The minimum Gasteiger partial charge on any atom is -0.444 e. The fourth-order valence-corrected chi connectivity index (χ4v) is 2.91. The SMILES string of the molecule is CC(C)(C)OC(=O)N1CCCN(c2nc(Cl)c(Cl)cc2Cl)CC1. The third-order valence-corrected chi connectivity index (χ3v) is 4.27. The highest BCUT2D eigenvalue weighted by Crippen LogP contribution is 2.31. The summed E-state index contributed by atoms with van der Waals surface area (Å²) in [7, 11) is 0. The number of pyridine rings is 1. The van der Waals surface area contributed by atoms with Crippen LogP contribution in [0.4, 0.5) is 10.6 Å². The van der Waals surface area contributed by atoms with Gasteiger partial charge in [0.05, 0.1) is 10.0 Å². The van der Waals surface area contributed by atoms with Crippen molar-refractivity contribution in [2.45, 2.75) is 32.8 Å². The highest BCUT2D eigenvalue weighted by Gasteiger charge is 2.25. The second-order valence-electron chi connectivity index (χ2n) is 6.37. The molecule has 1 saturated heterocycles. The van der Waals surface area contributed by atoms with E-state index in [4.69, 9.17) is 39.5 Å². The molecule has 1 aliphatic heterocycles. The van der Waals surface area contributed by atoms with Gasteiger partial charge in [0.15, 0.2) is 0 Å². The molecule has 1 fully saturated rings. The smallest absolute Gasteiger partial charge is 0.410 e. The number of amides is 1. The molecule has 0 unspecified atom stereocenters. The summed E-state index contributed by atoms with van der Waals surface area (Å²) in [5.74, 6) is 0.590. The zero-order valence-corrected chi connectivity index (χ0v) is 15.7. The van der Waals surface area contributed by atoms with Crippen molar-refractivity contribution in [2.75, 3.05) is 31.1 Å². The van der Waals surface area contributed by atoms with Crippen molar-refractivity contribution in [1.82, 2.24) is 9.88 Å². The Hall–Kier alpha value is -0.910. The number of carbonyl (C=O) groups is 1. The lowest BCUT2D eigenvalue weighted by Gasteiger charge is -2.27. The molecule has 0 bridgehead atoms. The quantitative estimate of drug-likeness (QED) is 0.673. The largest absolute Gasteiger partial charge is 0.444 e. The van der Waals surface area contributed by atoms with Gasteiger partial charge in [-0.1, -0.05) is 34.8 Å². The Balaban J connectivity index is 2.07. The van der Waals surface area contributed by atoms with Crippen LogP contribution < -0.4 is 4.90 Å². The Morgan fingerprint density at radius 1 is 1.13 bits per heavy atom. The fourth-order valence-electron chi connectivity index (χ4n) is 2.30. The van der Waals surface area contributed by atoms with E-state index in [1.165, 1.54) is 0 Å². The minimum absolute atomic E-state index is 0.222. The number of aromatic nitrogens is 1. The van der Waals surface area contributed by atoms with Crippen molar-refractivity contribution >= 4 is 46.7 Å². The molecule has 0 radical (unpaired) electrons. The lowest BCUT2D eigenvalue weighted by atomic mass is 10.2. The van der Waals surface area contributed by atoms with Crippen molar-refractivity contribution in [1.29, 1.82) is 0 Å². The van der Waals surface area contributed by atoms with Gasteiger partial charge in [0.25, 0.3) is 0 Å². The van der Waals surface area contributed by atoms with Gasteiger partial charge in [-0.3, -0.25) is 0 Å². The van der Waals surface area contributed by atoms with Gasteiger partial charge in [0.1, 0.15) is 16.6 Å². The lowest BCUT2D eigenvalue weighted by molar-refractivity contribution is 0.0263. The van der Waals surface area contributed by atoms with Crippen LogP contribution in [0.1, 0.15) is 27.2 Å². The third kappa shape index (κ3) is 5.03. The maximum absolute atomic E-state index is 12.2. The summed E-state index contributed by atoms with van der Waals surface area (Å²) >= 11 is 18.1. The average Bonchev–Trinajstić information content (AvgIpc) is 2.67. The summed E-state index contributed by atoms with van der Waals surface area (Å²) in [6.45, 7) is 8.06. The van der Waals surface area contributed by atoms with Crippen molar-refractivity contribution in [2.24, 2.45) is 0 Å². The summed E-state index contributed by atoms with van der Waals surface area (Å²) < 4.78 is 5.42. The van der Waals surface area contributed by atoms with Gasteiger partial charge in [-0.05, 0) is 33.3 Å². The summed E-state index contributed by atoms with van der Waals surface area (Å²) in [6, 6.07) is 1.59.